The SMILES string of the molecule is C=CCc1c(C(=O)c2cnoc2C2CC2)ccc(Cl)c1Cl. The van der Waals surface area contributed by atoms with Crippen LogP contribution in [0.4, 0.5) is 0 Å². The molecule has 108 valence electrons. The van der Waals surface area contributed by atoms with Crippen molar-refractivity contribution in [3.05, 3.63) is 63.5 Å². The van der Waals surface area contributed by atoms with Crippen LogP contribution in [-0.2, 0) is 6.42 Å². The van der Waals surface area contributed by atoms with Gasteiger partial charge in [0.25, 0.3) is 0 Å². The highest BCUT2D eigenvalue weighted by atomic mass is 35.5. The number of allylic oxidation sites excluding steroid dienone is 1. The molecule has 1 aromatic heterocycles. The number of carbonyl (C=O) groups excluding carboxylic acids is 1. The topological polar surface area (TPSA) is 43.1 Å². The number of carbonyl (C=O) groups is 1. The second-order valence-corrected chi connectivity index (χ2v) is 5.87. The molecule has 1 heterocycles. The van der Waals surface area contributed by atoms with Crippen LogP contribution in [-0.4, -0.2) is 10.9 Å². The van der Waals surface area contributed by atoms with Crippen molar-refractivity contribution in [2.45, 2.75) is 25.2 Å². The Morgan fingerprint density at radius 3 is 2.81 bits per heavy atom. The minimum Gasteiger partial charge on any atom is -0.360 e. The maximum atomic E-state index is 12.8. The summed E-state index contributed by atoms with van der Waals surface area (Å²) in [5.74, 6) is 0.862. The van der Waals surface area contributed by atoms with Crippen molar-refractivity contribution in [2.24, 2.45) is 0 Å². The molecule has 2 aromatic rings. The molecule has 5 heteroatoms. The molecule has 1 aromatic carbocycles. The van der Waals surface area contributed by atoms with Crippen molar-refractivity contribution in [3.8, 4) is 0 Å². The van der Waals surface area contributed by atoms with Crippen LogP contribution < -0.4 is 0 Å². The summed E-state index contributed by atoms with van der Waals surface area (Å²) >= 11 is 12.3. The quantitative estimate of drug-likeness (QED) is 0.585. The van der Waals surface area contributed by atoms with Gasteiger partial charge in [0.2, 0.25) is 0 Å². The van der Waals surface area contributed by atoms with E-state index in [9.17, 15) is 4.79 Å². The highest BCUT2D eigenvalue weighted by Crippen LogP contribution is 2.42. The van der Waals surface area contributed by atoms with Crippen LogP contribution in [0.1, 0.15) is 46.0 Å². The maximum Gasteiger partial charge on any atom is 0.198 e. The van der Waals surface area contributed by atoms with Crippen molar-refractivity contribution < 1.29 is 9.32 Å². The average molecular weight is 322 g/mol. The van der Waals surface area contributed by atoms with E-state index in [-0.39, 0.29) is 5.78 Å². The van der Waals surface area contributed by atoms with Gasteiger partial charge in [-0.25, -0.2) is 0 Å². The first-order valence-corrected chi connectivity index (χ1v) is 7.46. The van der Waals surface area contributed by atoms with Crippen LogP contribution in [0.5, 0.6) is 0 Å². The number of ketones is 1. The summed E-state index contributed by atoms with van der Waals surface area (Å²) < 4.78 is 5.23. The fraction of sp³-hybridized carbons (Fsp3) is 0.250. The molecular formula is C16H13Cl2NO2. The predicted octanol–water partition coefficient (Wildman–Crippen LogP) is 4.82. The van der Waals surface area contributed by atoms with E-state index >= 15 is 0 Å². The molecular weight excluding hydrogens is 309 g/mol. The molecule has 0 N–H and O–H groups in total. The minimum atomic E-state index is -0.131. The fourth-order valence-corrected chi connectivity index (χ4v) is 2.77. The molecule has 1 aliphatic rings. The average Bonchev–Trinajstić information content (AvgIpc) is 3.21. The van der Waals surface area contributed by atoms with E-state index in [1.165, 1.54) is 6.20 Å². The molecule has 0 spiro atoms. The van der Waals surface area contributed by atoms with Gasteiger partial charge in [-0.3, -0.25) is 4.79 Å². The minimum absolute atomic E-state index is 0.131. The normalized spacial score (nSPS) is 14.2. The Kier molecular flexibility index (Phi) is 3.87. The molecule has 0 saturated heterocycles. The summed E-state index contributed by atoms with van der Waals surface area (Å²) in [6.07, 6.45) is 5.73. The van der Waals surface area contributed by atoms with E-state index < -0.39 is 0 Å². The fourth-order valence-electron chi connectivity index (χ4n) is 2.35. The third-order valence-corrected chi connectivity index (χ3v) is 4.42. The molecule has 0 unspecified atom stereocenters. The molecule has 0 aliphatic heterocycles. The third-order valence-electron chi connectivity index (χ3n) is 3.58. The van der Waals surface area contributed by atoms with Crippen LogP contribution in [0.3, 0.4) is 0 Å². The van der Waals surface area contributed by atoms with E-state index in [0.717, 1.165) is 12.8 Å². The standard InChI is InChI=1S/C16H13Cl2NO2/c1-2-3-10-11(6-7-13(17)14(10)18)15(20)12-8-19-21-16(12)9-4-5-9/h2,6-9H,1,3-5H2. The summed E-state index contributed by atoms with van der Waals surface area (Å²) in [6, 6.07) is 3.33. The van der Waals surface area contributed by atoms with Gasteiger partial charge < -0.3 is 4.52 Å². The lowest BCUT2D eigenvalue weighted by Gasteiger charge is -2.10. The Morgan fingerprint density at radius 1 is 1.38 bits per heavy atom. The first-order valence-electron chi connectivity index (χ1n) is 6.70. The van der Waals surface area contributed by atoms with Gasteiger partial charge in [-0.05, 0) is 37.0 Å². The predicted molar refractivity (Wildman–Crippen MR) is 82.3 cm³/mol. The lowest BCUT2D eigenvalue weighted by molar-refractivity contribution is 0.103. The monoisotopic (exact) mass is 321 g/mol. The lowest BCUT2D eigenvalue weighted by Crippen LogP contribution is -2.07. The number of benzene rings is 1. The van der Waals surface area contributed by atoms with Crippen LogP contribution in [0.15, 0.2) is 35.5 Å². The number of aromatic nitrogens is 1. The van der Waals surface area contributed by atoms with Gasteiger partial charge in [-0.2, -0.15) is 0 Å². The van der Waals surface area contributed by atoms with Crippen LogP contribution >= 0.6 is 23.2 Å². The zero-order valence-electron chi connectivity index (χ0n) is 11.2. The zero-order chi connectivity index (χ0) is 15.0. The van der Waals surface area contributed by atoms with Crippen molar-refractivity contribution in [2.75, 3.05) is 0 Å². The van der Waals surface area contributed by atoms with E-state index in [2.05, 4.69) is 11.7 Å². The van der Waals surface area contributed by atoms with Crippen molar-refractivity contribution in [1.29, 1.82) is 0 Å². The van der Waals surface area contributed by atoms with Crippen LogP contribution in [0.25, 0.3) is 0 Å². The summed E-state index contributed by atoms with van der Waals surface area (Å²) in [7, 11) is 0. The number of rotatable bonds is 5. The molecule has 1 fully saturated rings. The molecule has 0 bridgehead atoms. The number of halogens is 2. The lowest BCUT2D eigenvalue weighted by atomic mass is 9.96. The van der Waals surface area contributed by atoms with Crippen LogP contribution in [0, 0.1) is 0 Å². The van der Waals surface area contributed by atoms with E-state index in [1.54, 1.807) is 18.2 Å². The highest BCUT2D eigenvalue weighted by Gasteiger charge is 2.33. The molecule has 0 atom stereocenters. The smallest absolute Gasteiger partial charge is 0.198 e. The molecule has 0 radical (unpaired) electrons. The van der Waals surface area contributed by atoms with Gasteiger partial charge in [0.15, 0.2) is 11.5 Å². The Bertz CT molecular complexity index is 717. The maximum absolute atomic E-state index is 12.8. The van der Waals surface area contributed by atoms with Gasteiger partial charge in [0.05, 0.1) is 21.8 Å². The number of nitrogens with zero attached hydrogens (tertiary/aromatic N) is 1. The van der Waals surface area contributed by atoms with Gasteiger partial charge in [0.1, 0.15) is 0 Å². The Hall–Kier alpha value is -1.58. The largest absolute Gasteiger partial charge is 0.360 e. The Balaban J connectivity index is 2.06. The summed E-state index contributed by atoms with van der Waals surface area (Å²) in [5.41, 5.74) is 1.72. The van der Waals surface area contributed by atoms with Crippen LogP contribution in [0.2, 0.25) is 10.0 Å². The van der Waals surface area contributed by atoms with E-state index in [1.807, 2.05) is 0 Å². The molecule has 21 heavy (non-hydrogen) atoms. The molecule has 3 nitrogen and oxygen atoms in total. The summed E-state index contributed by atoms with van der Waals surface area (Å²) in [6.45, 7) is 3.70. The van der Waals surface area contributed by atoms with Gasteiger partial charge in [-0.1, -0.05) is 34.4 Å². The van der Waals surface area contributed by atoms with Gasteiger partial charge >= 0.3 is 0 Å². The second kappa shape index (κ2) is 5.66. The Labute approximate surface area is 132 Å². The molecule has 1 saturated carbocycles. The van der Waals surface area contributed by atoms with E-state index in [4.69, 9.17) is 27.7 Å². The number of hydrogen-bond donors (Lipinski definition) is 0. The van der Waals surface area contributed by atoms with E-state index in [0.29, 0.717) is 44.8 Å². The van der Waals surface area contributed by atoms with Gasteiger partial charge in [0, 0.05) is 11.5 Å². The van der Waals surface area contributed by atoms with Crippen molar-refractivity contribution in [1.82, 2.24) is 5.16 Å². The second-order valence-electron chi connectivity index (χ2n) is 5.09. The van der Waals surface area contributed by atoms with Crippen molar-refractivity contribution >= 4 is 29.0 Å². The number of hydrogen-bond acceptors (Lipinski definition) is 3. The summed E-state index contributed by atoms with van der Waals surface area (Å²) in [5, 5.41) is 4.59. The van der Waals surface area contributed by atoms with Gasteiger partial charge in [-0.15, -0.1) is 6.58 Å². The molecule has 0 amide bonds. The summed E-state index contributed by atoms with van der Waals surface area (Å²) in [4.78, 5) is 12.8. The zero-order valence-corrected chi connectivity index (χ0v) is 12.7. The van der Waals surface area contributed by atoms with Crippen molar-refractivity contribution in [3.63, 3.8) is 0 Å². The first kappa shape index (κ1) is 14.4. The Morgan fingerprint density at radius 2 is 2.14 bits per heavy atom. The third kappa shape index (κ3) is 2.63. The first-order chi connectivity index (χ1) is 10.1. The molecule has 1 aliphatic carbocycles. The highest BCUT2D eigenvalue weighted by molar-refractivity contribution is 6.43. The molecule has 3 rings (SSSR count).